The second-order valence-electron chi connectivity index (χ2n) is 6.15. The Bertz CT molecular complexity index is 1010. The molecule has 1 aliphatic rings. The lowest BCUT2D eigenvalue weighted by Crippen LogP contribution is -2.22. The van der Waals surface area contributed by atoms with Crippen LogP contribution in [0.5, 0.6) is 17.2 Å². The van der Waals surface area contributed by atoms with E-state index in [4.69, 9.17) is 19.3 Å². The van der Waals surface area contributed by atoms with Crippen molar-refractivity contribution in [3.63, 3.8) is 0 Å². The maximum Gasteiger partial charge on any atom is 0.344 e. The number of anilines is 1. The summed E-state index contributed by atoms with van der Waals surface area (Å²) in [7, 11) is 0. The molecule has 0 saturated heterocycles. The summed E-state index contributed by atoms with van der Waals surface area (Å²) in [6.45, 7) is 2.30. The molecule has 1 aliphatic heterocycles. The van der Waals surface area contributed by atoms with Gasteiger partial charge in [-0.25, -0.2) is 4.79 Å². The first-order valence-corrected chi connectivity index (χ1v) is 8.78. The Labute approximate surface area is 166 Å². The molecule has 1 unspecified atom stereocenters. The predicted molar refractivity (Wildman–Crippen MR) is 104 cm³/mol. The maximum atomic E-state index is 12.5. The average molecular weight is 394 g/mol. The van der Waals surface area contributed by atoms with Crippen molar-refractivity contribution < 1.29 is 28.9 Å². The van der Waals surface area contributed by atoms with E-state index in [9.17, 15) is 14.9 Å². The number of hydrogen-bond acceptors (Lipinski definition) is 6. The molecule has 0 bridgehead atoms. The third-order valence-corrected chi connectivity index (χ3v) is 3.99. The average Bonchev–Trinajstić information content (AvgIpc) is 2.72. The second-order valence-corrected chi connectivity index (χ2v) is 6.15. The second kappa shape index (κ2) is 8.80. The van der Waals surface area contributed by atoms with Gasteiger partial charge in [0.1, 0.15) is 30.6 Å². The first kappa shape index (κ1) is 19.8. The summed E-state index contributed by atoms with van der Waals surface area (Å²) in [4.78, 5) is 23.4. The van der Waals surface area contributed by atoms with Gasteiger partial charge < -0.3 is 24.6 Å². The zero-order valence-corrected chi connectivity index (χ0v) is 15.5. The van der Waals surface area contributed by atoms with Gasteiger partial charge >= 0.3 is 5.97 Å². The minimum atomic E-state index is -1.09. The van der Waals surface area contributed by atoms with Gasteiger partial charge in [0, 0.05) is 11.8 Å². The van der Waals surface area contributed by atoms with Crippen LogP contribution in [0.1, 0.15) is 12.5 Å². The van der Waals surface area contributed by atoms with Crippen molar-refractivity contribution in [2.24, 2.45) is 0 Å². The minimum Gasteiger partial charge on any atom is -0.486 e. The predicted octanol–water partition coefficient (Wildman–Crippen LogP) is 2.86. The van der Waals surface area contributed by atoms with E-state index in [2.05, 4.69) is 5.32 Å². The van der Waals surface area contributed by atoms with Crippen LogP contribution in [0.4, 0.5) is 5.69 Å². The molecule has 8 heteroatoms. The van der Waals surface area contributed by atoms with E-state index in [1.807, 2.05) is 6.07 Å². The Morgan fingerprint density at radius 2 is 1.97 bits per heavy atom. The quantitative estimate of drug-likeness (QED) is 0.571. The number of aliphatic carboxylic acids is 1. The standard InChI is InChI=1S/C21H18N2O6/c1-13(21(25)26)29-17-4-2-3-14(10-17)9-15(12-22)20(24)23-16-5-6-18-19(11-16)28-8-7-27-18/h2-6,9-11,13H,7-8H2,1H3,(H,23,24)(H,25,26)/b15-9-. The molecule has 1 heterocycles. The fourth-order valence-electron chi connectivity index (χ4n) is 2.57. The molecule has 1 atom stereocenters. The molecule has 148 valence electrons. The molecule has 3 rings (SSSR count). The number of nitriles is 1. The maximum absolute atomic E-state index is 12.5. The van der Waals surface area contributed by atoms with Crippen molar-refractivity contribution in [1.82, 2.24) is 0 Å². The number of ether oxygens (including phenoxy) is 3. The highest BCUT2D eigenvalue weighted by Crippen LogP contribution is 2.32. The van der Waals surface area contributed by atoms with Crippen LogP contribution in [-0.2, 0) is 9.59 Å². The molecule has 29 heavy (non-hydrogen) atoms. The molecule has 2 aromatic carbocycles. The van der Waals surface area contributed by atoms with Crippen LogP contribution in [0.15, 0.2) is 48.0 Å². The van der Waals surface area contributed by atoms with Gasteiger partial charge in [-0.2, -0.15) is 5.26 Å². The summed E-state index contributed by atoms with van der Waals surface area (Å²) < 4.78 is 16.2. The summed E-state index contributed by atoms with van der Waals surface area (Å²) in [6.07, 6.45) is 0.370. The van der Waals surface area contributed by atoms with E-state index >= 15 is 0 Å². The van der Waals surface area contributed by atoms with Crippen LogP contribution in [0.25, 0.3) is 6.08 Å². The van der Waals surface area contributed by atoms with Crippen molar-refractivity contribution in [2.45, 2.75) is 13.0 Å². The van der Waals surface area contributed by atoms with Crippen LogP contribution in [-0.4, -0.2) is 36.3 Å². The highest BCUT2D eigenvalue weighted by molar-refractivity contribution is 6.09. The van der Waals surface area contributed by atoms with E-state index in [1.165, 1.54) is 13.0 Å². The Morgan fingerprint density at radius 3 is 2.69 bits per heavy atom. The lowest BCUT2D eigenvalue weighted by molar-refractivity contribution is -0.144. The highest BCUT2D eigenvalue weighted by atomic mass is 16.6. The van der Waals surface area contributed by atoms with Crippen LogP contribution >= 0.6 is 0 Å². The SMILES string of the molecule is CC(Oc1cccc(/C=C(/C#N)C(=O)Nc2ccc3c(c2)OCCO3)c1)C(=O)O. The van der Waals surface area contributed by atoms with Crippen LogP contribution in [0.3, 0.4) is 0 Å². The zero-order valence-electron chi connectivity index (χ0n) is 15.5. The van der Waals surface area contributed by atoms with Crippen molar-refractivity contribution in [3.8, 4) is 23.3 Å². The van der Waals surface area contributed by atoms with Crippen molar-refractivity contribution in [1.29, 1.82) is 5.26 Å². The summed E-state index contributed by atoms with van der Waals surface area (Å²) >= 11 is 0. The van der Waals surface area contributed by atoms with Crippen LogP contribution in [0.2, 0.25) is 0 Å². The fourth-order valence-corrected chi connectivity index (χ4v) is 2.57. The molecule has 2 N–H and O–H groups in total. The van der Waals surface area contributed by atoms with E-state index in [0.29, 0.717) is 41.7 Å². The molecule has 8 nitrogen and oxygen atoms in total. The van der Waals surface area contributed by atoms with Gasteiger partial charge in [-0.15, -0.1) is 0 Å². The normalized spacial score (nSPS) is 13.7. The lowest BCUT2D eigenvalue weighted by atomic mass is 10.1. The van der Waals surface area contributed by atoms with Gasteiger partial charge in [0.15, 0.2) is 17.6 Å². The van der Waals surface area contributed by atoms with E-state index in [1.54, 1.807) is 42.5 Å². The number of nitrogens with zero attached hydrogens (tertiary/aromatic N) is 1. The van der Waals surface area contributed by atoms with Crippen molar-refractivity contribution in [3.05, 3.63) is 53.6 Å². The number of rotatable bonds is 6. The molecule has 2 aromatic rings. The summed E-state index contributed by atoms with van der Waals surface area (Å²) in [5.41, 5.74) is 0.866. The van der Waals surface area contributed by atoms with Gasteiger partial charge in [0.05, 0.1) is 0 Å². The third kappa shape index (κ3) is 5.05. The third-order valence-electron chi connectivity index (χ3n) is 3.99. The van der Waals surface area contributed by atoms with Crippen LogP contribution < -0.4 is 19.5 Å². The van der Waals surface area contributed by atoms with E-state index in [0.717, 1.165) is 0 Å². The number of benzene rings is 2. The molecule has 0 fully saturated rings. The van der Waals surface area contributed by atoms with E-state index in [-0.39, 0.29) is 5.57 Å². The smallest absolute Gasteiger partial charge is 0.344 e. The molecule has 0 aromatic heterocycles. The molecule has 0 radical (unpaired) electrons. The Kier molecular flexibility index (Phi) is 6.00. The molecular formula is C21H18N2O6. The Balaban J connectivity index is 1.75. The van der Waals surface area contributed by atoms with Gasteiger partial charge in [-0.1, -0.05) is 12.1 Å². The lowest BCUT2D eigenvalue weighted by Gasteiger charge is -2.18. The largest absolute Gasteiger partial charge is 0.486 e. The number of amides is 1. The van der Waals surface area contributed by atoms with Crippen molar-refractivity contribution in [2.75, 3.05) is 18.5 Å². The minimum absolute atomic E-state index is 0.122. The van der Waals surface area contributed by atoms with Gasteiger partial charge in [0.25, 0.3) is 5.91 Å². The number of nitrogens with one attached hydrogen (secondary N) is 1. The first-order valence-electron chi connectivity index (χ1n) is 8.78. The molecule has 0 aliphatic carbocycles. The topological polar surface area (TPSA) is 118 Å². The number of carbonyl (C=O) groups excluding carboxylic acids is 1. The van der Waals surface area contributed by atoms with Gasteiger partial charge in [-0.05, 0) is 42.8 Å². The molecule has 0 saturated carbocycles. The van der Waals surface area contributed by atoms with Crippen molar-refractivity contribution >= 4 is 23.6 Å². The number of carboxylic acid groups (broad SMARTS) is 1. The van der Waals surface area contributed by atoms with Gasteiger partial charge in [0.2, 0.25) is 0 Å². The van der Waals surface area contributed by atoms with Gasteiger partial charge in [-0.3, -0.25) is 4.79 Å². The van der Waals surface area contributed by atoms with Crippen LogP contribution in [0, 0.1) is 11.3 Å². The highest BCUT2D eigenvalue weighted by Gasteiger charge is 2.15. The Hall–Kier alpha value is -3.99. The zero-order chi connectivity index (χ0) is 20.8. The summed E-state index contributed by atoms with van der Waals surface area (Å²) in [5.74, 6) is -0.248. The first-order chi connectivity index (χ1) is 14.0. The molecule has 0 spiro atoms. The number of carboxylic acids is 1. The summed E-state index contributed by atoms with van der Waals surface area (Å²) in [6, 6.07) is 13.3. The fraction of sp³-hybridized carbons (Fsp3) is 0.190. The number of hydrogen-bond donors (Lipinski definition) is 2. The monoisotopic (exact) mass is 394 g/mol. The molecule has 1 amide bonds. The Morgan fingerprint density at radius 1 is 1.21 bits per heavy atom. The van der Waals surface area contributed by atoms with E-state index < -0.39 is 18.0 Å². The number of fused-ring (bicyclic) bond motifs is 1. The summed E-state index contributed by atoms with van der Waals surface area (Å²) in [5, 5.41) is 21.0. The molecular weight excluding hydrogens is 376 g/mol. The number of carbonyl (C=O) groups is 2.